The third-order valence-electron chi connectivity index (χ3n) is 2.48. The van der Waals surface area contributed by atoms with E-state index in [0.717, 1.165) is 11.0 Å². The second-order valence-electron chi connectivity index (χ2n) is 3.99. The number of carbonyl (C=O) groups excluding carboxylic acids is 1. The summed E-state index contributed by atoms with van der Waals surface area (Å²) in [5, 5.41) is 1.86. The Morgan fingerprint density at radius 2 is 1.81 bits per heavy atom. The van der Waals surface area contributed by atoms with E-state index in [-0.39, 0.29) is 15.8 Å². The number of carbonyl (C=O) groups is 1. The Bertz CT molecular complexity index is 231. The lowest BCUT2D eigenvalue weighted by Crippen LogP contribution is -2.26. The maximum Gasteiger partial charge on any atom is 0.192 e. The topological polar surface area (TPSA) is 17.1 Å². The molecular formula is C10H19OPS4. The third kappa shape index (κ3) is 4.64. The van der Waals surface area contributed by atoms with Crippen molar-refractivity contribution in [1.82, 2.24) is 0 Å². The average Bonchev–Trinajstić information content (AvgIpc) is 2.08. The first-order chi connectivity index (χ1) is 7.25. The van der Waals surface area contributed by atoms with E-state index < -0.39 is 0 Å². The van der Waals surface area contributed by atoms with E-state index in [1.165, 1.54) is 23.0 Å². The molecule has 2 fully saturated rings. The van der Waals surface area contributed by atoms with Crippen LogP contribution in [0.15, 0.2) is 0 Å². The zero-order valence-electron chi connectivity index (χ0n) is 9.52. The molecule has 0 aromatic heterocycles. The summed E-state index contributed by atoms with van der Waals surface area (Å²) in [7, 11) is 0. The first-order valence-electron chi connectivity index (χ1n) is 5.23. The Balaban J connectivity index is 0.00000128. The summed E-state index contributed by atoms with van der Waals surface area (Å²) < 4.78 is 0. The molecular weight excluding hydrogens is 295 g/mol. The molecule has 0 aromatic carbocycles. The van der Waals surface area contributed by atoms with E-state index in [4.69, 9.17) is 0 Å². The maximum atomic E-state index is 11.8. The monoisotopic (exact) mass is 314 g/mol. The Kier molecular flexibility index (Phi) is 7.61. The van der Waals surface area contributed by atoms with Gasteiger partial charge >= 0.3 is 0 Å². The van der Waals surface area contributed by atoms with Crippen molar-refractivity contribution in [3.63, 3.8) is 0 Å². The smallest absolute Gasteiger partial charge is 0.192 e. The van der Waals surface area contributed by atoms with Crippen molar-refractivity contribution in [1.29, 1.82) is 0 Å². The van der Waals surface area contributed by atoms with Gasteiger partial charge in [-0.05, 0) is 0 Å². The lowest BCUT2D eigenvalue weighted by Gasteiger charge is -2.27. The summed E-state index contributed by atoms with van der Waals surface area (Å²) in [5.41, 5.74) is 0. The van der Waals surface area contributed by atoms with Gasteiger partial charge in [0.2, 0.25) is 0 Å². The first kappa shape index (κ1) is 15.6. The van der Waals surface area contributed by atoms with E-state index in [0.29, 0.717) is 10.4 Å². The van der Waals surface area contributed by atoms with Crippen LogP contribution in [-0.4, -0.2) is 44.4 Å². The molecule has 0 aromatic rings. The molecule has 2 rings (SSSR count). The third-order valence-corrected chi connectivity index (χ3v) is 8.68. The molecule has 2 aliphatic heterocycles. The first-order valence-corrected chi connectivity index (χ1v) is 9.47. The fraction of sp³-hybridized carbons (Fsp3) is 0.900. The molecule has 16 heavy (non-hydrogen) atoms. The molecule has 2 saturated heterocycles. The van der Waals surface area contributed by atoms with Gasteiger partial charge in [0, 0.05) is 45.2 Å². The average molecular weight is 315 g/mol. The van der Waals surface area contributed by atoms with Gasteiger partial charge < -0.3 is 0 Å². The van der Waals surface area contributed by atoms with Gasteiger partial charge in [0.05, 0.1) is 0 Å². The highest BCUT2D eigenvalue weighted by atomic mass is 32.2. The van der Waals surface area contributed by atoms with Crippen molar-refractivity contribution in [2.45, 2.75) is 17.4 Å². The second kappa shape index (κ2) is 7.83. The Hall–Kier alpha value is 1.50. The van der Waals surface area contributed by atoms with Crippen molar-refractivity contribution in [3.8, 4) is 0 Å². The number of rotatable bonds is 5. The highest BCUT2D eigenvalue weighted by Crippen LogP contribution is 2.34. The van der Waals surface area contributed by atoms with Crippen LogP contribution in [-0.2, 0) is 4.79 Å². The molecule has 0 bridgehead atoms. The van der Waals surface area contributed by atoms with E-state index in [2.05, 4.69) is 6.92 Å². The van der Waals surface area contributed by atoms with E-state index >= 15 is 0 Å². The van der Waals surface area contributed by atoms with E-state index in [1.54, 1.807) is 11.8 Å². The zero-order valence-corrected chi connectivity index (χ0v) is 14.2. The summed E-state index contributed by atoms with van der Waals surface area (Å²) in [6, 6.07) is 0. The van der Waals surface area contributed by atoms with Gasteiger partial charge in [-0.1, -0.05) is 18.7 Å². The van der Waals surface area contributed by atoms with Gasteiger partial charge in [0.25, 0.3) is 0 Å². The van der Waals surface area contributed by atoms with Gasteiger partial charge in [-0.3, -0.25) is 4.79 Å². The summed E-state index contributed by atoms with van der Waals surface area (Å²) in [5.74, 6) is 6.20. The van der Waals surface area contributed by atoms with Crippen molar-refractivity contribution >= 4 is 62.1 Å². The molecule has 0 radical (unpaired) electrons. The molecule has 0 aliphatic carbocycles. The minimum absolute atomic E-state index is 0. The fourth-order valence-electron chi connectivity index (χ4n) is 1.22. The molecule has 94 valence electrons. The Morgan fingerprint density at radius 3 is 2.25 bits per heavy atom. The van der Waals surface area contributed by atoms with E-state index in [1.807, 2.05) is 35.3 Å². The SMILES string of the molecule is CC(CSC1CSC1)C(=O)SC1CSC1.P. The van der Waals surface area contributed by atoms with Crippen molar-refractivity contribution in [2.24, 2.45) is 5.92 Å². The lowest BCUT2D eigenvalue weighted by molar-refractivity contribution is -0.113. The van der Waals surface area contributed by atoms with Crippen molar-refractivity contribution in [2.75, 3.05) is 28.8 Å². The highest BCUT2D eigenvalue weighted by Gasteiger charge is 2.26. The van der Waals surface area contributed by atoms with E-state index in [9.17, 15) is 4.79 Å². The van der Waals surface area contributed by atoms with Gasteiger partial charge in [-0.25, -0.2) is 0 Å². The van der Waals surface area contributed by atoms with Crippen molar-refractivity contribution < 1.29 is 4.79 Å². The molecule has 2 unspecified atom stereocenters. The zero-order chi connectivity index (χ0) is 10.7. The summed E-state index contributed by atoms with van der Waals surface area (Å²) >= 11 is 7.55. The van der Waals surface area contributed by atoms with Gasteiger partial charge in [0.1, 0.15) is 0 Å². The van der Waals surface area contributed by atoms with Crippen LogP contribution in [0, 0.1) is 5.92 Å². The minimum Gasteiger partial charge on any atom is -0.287 e. The maximum absolute atomic E-state index is 11.8. The standard InChI is InChI=1S/C10H16OS4.H3P/c1-7(2-14-8-3-12-4-8)10(11)15-9-5-13-6-9;/h7-9H,2-6H2,1H3;1H3. The molecule has 1 nitrogen and oxygen atoms in total. The van der Waals surface area contributed by atoms with Crippen LogP contribution in [0.1, 0.15) is 6.92 Å². The second-order valence-corrected chi connectivity index (χ2v) is 8.78. The number of hydrogen-bond acceptors (Lipinski definition) is 5. The van der Waals surface area contributed by atoms with Crippen LogP contribution < -0.4 is 0 Å². The highest BCUT2D eigenvalue weighted by molar-refractivity contribution is 8.17. The molecule has 0 saturated carbocycles. The normalized spacial score (nSPS) is 22.8. The largest absolute Gasteiger partial charge is 0.287 e. The van der Waals surface area contributed by atoms with Crippen LogP contribution in [0.3, 0.4) is 0 Å². The lowest BCUT2D eigenvalue weighted by atomic mass is 10.2. The summed E-state index contributed by atoms with van der Waals surface area (Å²) in [4.78, 5) is 11.8. The molecule has 0 spiro atoms. The van der Waals surface area contributed by atoms with Crippen LogP contribution in [0.4, 0.5) is 0 Å². The van der Waals surface area contributed by atoms with Crippen LogP contribution in [0.5, 0.6) is 0 Å². The van der Waals surface area contributed by atoms with Gasteiger partial charge in [-0.15, -0.1) is 0 Å². The Morgan fingerprint density at radius 1 is 1.25 bits per heavy atom. The molecule has 0 amide bonds. The number of thioether (sulfide) groups is 4. The van der Waals surface area contributed by atoms with Gasteiger partial charge in [0.15, 0.2) is 5.12 Å². The molecule has 2 aliphatic rings. The van der Waals surface area contributed by atoms with Crippen LogP contribution in [0.25, 0.3) is 0 Å². The molecule has 2 heterocycles. The van der Waals surface area contributed by atoms with Crippen LogP contribution in [0.2, 0.25) is 0 Å². The Labute approximate surface area is 118 Å². The number of hydrogen-bond donors (Lipinski definition) is 0. The minimum atomic E-state index is 0. The van der Waals surface area contributed by atoms with Gasteiger partial charge in [-0.2, -0.15) is 45.2 Å². The summed E-state index contributed by atoms with van der Waals surface area (Å²) in [6.07, 6.45) is 0. The quantitative estimate of drug-likeness (QED) is 0.724. The molecule has 0 N–H and O–H groups in total. The summed E-state index contributed by atoms with van der Waals surface area (Å²) in [6.45, 7) is 2.08. The molecule has 6 heteroatoms. The van der Waals surface area contributed by atoms with Crippen LogP contribution >= 0.6 is 56.9 Å². The molecule has 2 atom stereocenters. The van der Waals surface area contributed by atoms with Crippen molar-refractivity contribution in [3.05, 3.63) is 0 Å². The predicted molar refractivity (Wildman–Crippen MR) is 87.6 cm³/mol. The predicted octanol–water partition coefficient (Wildman–Crippen LogP) is 2.90. The fourth-order valence-corrected chi connectivity index (χ4v) is 6.01.